The molecule has 0 atom stereocenters. The smallest absolute Gasteiger partial charge is 0.191 e. The van der Waals surface area contributed by atoms with E-state index in [1.807, 2.05) is 7.05 Å². The molecule has 154 valence electrons. The number of guanidine groups is 1. The average molecular weight is 489 g/mol. The third-order valence-electron chi connectivity index (χ3n) is 4.58. The summed E-state index contributed by atoms with van der Waals surface area (Å²) in [5.74, 6) is 1.61. The van der Waals surface area contributed by atoms with E-state index in [1.54, 1.807) is 0 Å². The number of hydrogen-bond acceptors (Lipinski definition) is 3. The minimum Gasteiger partial charge on any atom is -0.381 e. The highest BCUT2D eigenvalue weighted by molar-refractivity contribution is 14.0. The van der Waals surface area contributed by atoms with Gasteiger partial charge in [-0.1, -0.05) is 38.1 Å². The van der Waals surface area contributed by atoms with E-state index in [2.05, 4.69) is 53.7 Å². The van der Waals surface area contributed by atoms with E-state index in [4.69, 9.17) is 9.47 Å². The molecule has 27 heavy (non-hydrogen) atoms. The van der Waals surface area contributed by atoms with Gasteiger partial charge in [-0.15, -0.1) is 24.0 Å². The highest BCUT2D eigenvalue weighted by Gasteiger charge is 2.14. The monoisotopic (exact) mass is 489 g/mol. The molecule has 1 aliphatic heterocycles. The second kappa shape index (κ2) is 14.2. The summed E-state index contributed by atoms with van der Waals surface area (Å²) in [4.78, 5) is 4.30. The SMILES string of the molecule is CN=C(NCCCC(C)C)NCc1cccc(COC2CCOCC2)c1.I. The van der Waals surface area contributed by atoms with Crippen molar-refractivity contribution < 1.29 is 9.47 Å². The van der Waals surface area contributed by atoms with Gasteiger partial charge in [0.1, 0.15) is 0 Å². The summed E-state index contributed by atoms with van der Waals surface area (Å²) in [5.41, 5.74) is 2.46. The summed E-state index contributed by atoms with van der Waals surface area (Å²) in [5, 5.41) is 6.77. The van der Waals surface area contributed by atoms with Crippen molar-refractivity contribution in [2.75, 3.05) is 26.8 Å². The number of nitrogens with one attached hydrogen (secondary N) is 2. The van der Waals surface area contributed by atoms with Crippen LogP contribution in [0.4, 0.5) is 0 Å². The van der Waals surface area contributed by atoms with Crippen LogP contribution >= 0.6 is 24.0 Å². The molecule has 1 aliphatic rings. The van der Waals surface area contributed by atoms with Crippen molar-refractivity contribution in [2.45, 2.75) is 58.8 Å². The fraction of sp³-hybridized carbons (Fsp3) is 0.667. The van der Waals surface area contributed by atoms with Crippen molar-refractivity contribution in [3.63, 3.8) is 0 Å². The van der Waals surface area contributed by atoms with Gasteiger partial charge in [-0.25, -0.2) is 0 Å². The highest BCUT2D eigenvalue weighted by atomic mass is 127. The van der Waals surface area contributed by atoms with Crippen LogP contribution < -0.4 is 10.6 Å². The number of rotatable bonds is 9. The first kappa shape index (κ1) is 24.2. The summed E-state index contributed by atoms with van der Waals surface area (Å²) in [6.45, 7) is 8.53. The largest absolute Gasteiger partial charge is 0.381 e. The van der Waals surface area contributed by atoms with E-state index in [-0.39, 0.29) is 24.0 Å². The standard InChI is InChI=1S/C21H35N3O2.HI/c1-17(2)6-5-11-23-21(22-3)24-15-18-7-4-8-19(14-18)16-26-20-9-12-25-13-10-20;/h4,7-8,14,17,20H,5-6,9-13,15-16H2,1-3H3,(H2,22,23,24);1H. The Morgan fingerprint density at radius 3 is 2.67 bits per heavy atom. The van der Waals surface area contributed by atoms with E-state index in [0.717, 1.165) is 57.4 Å². The molecule has 5 nitrogen and oxygen atoms in total. The molecule has 0 radical (unpaired) electrons. The molecule has 0 aliphatic carbocycles. The topological polar surface area (TPSA) is 54.9 Å². The lowest BCUT2D eigenvalue weighted by Gasteiger charge is -2.22. The lowest BCUT2D eigenvalue weighted by Crippen LogP contribution is -2.37. The molecule has 1 fully saturated rings. The Morgan fingerprint density at radius 1 is 1.22 bits per heavy atom. The number of hydrogen-bond donors (Lipinski definition) is 2. The summed E-state index contributed by atoms with van der Waals surface area (Å²) in [6, 6.07) is 8.57. The molecule has 2 N–H and O–H groups in total. The predicted molar refractivity (Wildman–Crippen MR) is 123 cm³/mol. The molecule has 0 unspecified atom stereocenters. The van der Waals surface area contributed by atoms with E-state index in [1.165, 1.54) is 17.5 Å². The molecule has 1 heterocycles. The summed E-state index contributed by atoms with van der Waals surface area (Å²) in [6.07, 6.45) is 4.73. The third kappa shape index (κ3) is 10.3. The fourth-order valence-electron chi connectivity index (χ4n) is 3.01. The molecule has 1 aromatic rings. The lowest BCUT2D eigenvalue weighted by atomic mass is 10.1. The van der Waals surface area contributed by atoms with Crippen LogP contribution in [0.15, 0.2) is 29.3 Å². The molecular weight excluding hydrogens is 453 g/mol. The third-order valence-corrected chi connectivity index (χ3v) is 4.58. The lowest BCUT2D eigenvalue weighted by molar-refractivity contribution is -0.0390. The van der Waals surface area contributed by atoms with Gasteiger partial charge in [-0.2, -0.15) is 0 Å². The van der Waals surface area contributed by atoms with Gasteiger partial charge in [-0.05, 0) is 42.7 Å². The second-order valence-electron chi connectivity index (χ2n) is 7.33. The molecule has 2 rings (SSSR count). The quantitative estimate of drug-likeness (QED) is 0.237. The van der Waals surface area contributed by atoms with Crippen molar-refractivity contribution in [3.05, 3.63) is 35.4 Å². The molecule has 1 aromatic carbocycles. The minimum atomic E-state index is 0. The van der Waals surface area contributed by atoms with Crippen LogP contribution in [-0.4, -0.2) is 38.9 Å². The maximum absolute atomic E-state index is 6.02. The Balaban J connectivity index is 0.00000364. The fourth-order valence-corrected chi connectivity index (χ4v) is 3.01. The van der Waals surface area contributed by atoms with E-state index in [9.17, 15) is 0 Å². The van der Waals surface area contributed by atoms with Gasteiger partial charge < -0.3 is 20.1 Å². The first-order valence-corrected chi connectivity index (χ1v) is 9.89. The van der Waals surface area contributed by atoms with Crippen LogP contribution in [0.5, 0.6) is 0 Å². The van der Waals surface area contributed by atoms with E-state index in [0.29, 0.717) is 12.7 Å². The van der Waals surface area contributed by atoms with Gasteiger partial charge in [0.25, 0.3) is 0 Å². The highest BCUT2D eigenvalue weighted by Crippen LogP contribution is 2.14. The Labute approximate surface area is 181 Å². The van der Waals surface area contributed by atoms with Crippen molar-refractivity contribution in [2.24, 2.45) is 10.9 Å². The average Bonchev–Trinajstić information content (AvgIpc) is 2.67. The molecule has 1 saturated heterocycles. The van der Waals surface area contributed by atoms with Crippen molar-refractivity contribution >= 4 is 29.9 Å². The van der Waals surface area contributed by atoms with Crippen molar-refractivity contribution in [3.8, 4) is 0 Å². The maximum Gasteiger partial charge on any atom is 0.191 e. The first-order chi connectivity index (χ1) is 12.7. The second-order valence-corrected chi connectivity index (χ2v) is 7.33. The van der Waals surface area contributed by atoms with E-state index < -0.39 is 0 Å². The Kier molecular flexibility index (Phi) is 12.7. The van der Waals surface area contributed by atoms with Crippen LogP contribution in [0.25, 0.3) is 0 Å². The summed E-state index contributed by atoms with van der Waals surface area (Å²) < 4.78 is 11.4. The van der Waals surface area contributed by atoms with Crippen LogP contribution in [0.1, 0.15) is 50.7 Å². The number of ether oxygens (including phenoxy) is 2. The van der Waals surface area contributed by atoms with Crippen LogP contribution in [0.2, 0.25) is 0 Å². The molecule has 0 amide bonds. The molecule has 0 saturated carbocycles. The van der Waals surface area contributed by atoms with Crippen molar-refractivity contribution in [1.29, 1.82) is 0 Å². The van der Waals surface area contributed by atoms with Gasteiger partial charge in [0.2, 0.25) is 0 Å². The molecular formula is C21H36IN3O2. The number of halogens is 1. The van der Waals surface area contributed by atoms with Crippen LogP contribution in [0.3, 0.4) is 0 Å². The Bertz CT molecular complexity index is 546. The van der Waals surface area contributed by atoms with Crippen molar-refractivity contribution in [1.82, 2.24) is 10.6 Å². The van der Waals surface area contributed by atoms with Crippen LogP contribution in [-0.2, 0) is 22.6 Å². The number of nitrogens with zero attached hydrogens (tertiary/aromatic N) is 1. The number of aliphatic imine (C=N–C) groups is 1. The Hall–Kier alpha value is -0.860. The van der Waals surface area contributed by atoms with Gasteiger partial charge in [0.05, 0.1) is 12.7 Å². The summed E-state index contributed by atoms with van der Waals surface area (Å²) in [7, 11) is 1.82. The maximum atomic E-state index is 6.02. The number of benzene rings is 1. The zero-order valence-corrected chi connectivity index (χ0v) is 19.3. The first-order valence-electron chi connectivity index (χ1n) is 9.89. The zero-order valence-electron chi connectivity index (χ0n) is 17.0. The molecule has 0 bridgehead atoms. The normalized spacial score (nSPS) is 15.5. The molecule has 0 spiro atoms. The Morgan fingerprint density at radius 2 is 1.96 bits per heavy atom. The van der Waals surface area contributed by atoms with Gasteiger partial charge in [0.15, 0.2) is 5.96 Å². The van der Waals surface area contributed by atoms with Gasteiger partial charge in [0, 0.05) is 33.4 Å². The van der Waals surface area contributed by atoms with Gasteiger partial charge in [-0.3, -0.25) is 4.99 Å². The molecule has 6 heteroatoms. The molecule has 0 aromatic heterocycles. The summed E-state index contributed by atoms with van der Waals surface area (Å²) >= 11 is 0. The van der Waals surface area contributed by atoms with Gasteiger partial charge >= 0.3 is 0 Å². The zero-order chi connectivity index (χ0) is 18.6. The van der Waals surface area contributed by atoms with E-state index >= 15 is 0 Å². The van der Waals surface area contributed by atoms with Crippen LogP contribution in [0, 0.1) is 5.92 Å². The minimum absolute atomic E-state index is 0. The predicted octanol–water partition coefficient (Wildman–Crippen LogP) is 4.10.